The van der Waals surface area contributed by atoms with E-state index in [2.05, 4.69) is 4.74 Å². The summed E-state index contributed by atoms with van der Waals surface area (Å²) in [5.74, 6) is 0.581. The molecule has 7 heteroatoms. The normalized spacial score (nSPS) is 15.8. The van der Waals surface area contributed by atoms with Crippen LogP contribution >= 0.6 is 11.6 Å². The third-order valence-corrected chi connectivity index (χ3v) is 3.16. The van der Waals surface area contributed by atoms with Gasteiger partial charge in [-0.15, -0.1) is 0 Å². The second-order valence-corrected chi connectivity index (χ2v) is 4.99. The number of hydrogen-bond donors (Lipinski definition) is 1. The molecule has 1 heterocycles. The van der Waals surface area contributed by atoms with Gasteiger partial charge in [0.2, 0.25) is 0 Å². The van der Waals surface area contributed by atoms with Gasteiger partial charge in [0, 0.05) is 30.0 Å². The van der Waals surface area contributed by atoms with E-state index in [0.717, 1.165) is 5.56 Å². The lowest BCUT2D eigenvalue weighted by Gasteiger charge is -2.15. The second kappa shape index (κ2) is 6.20. The Kier molecular flexibility index (Phi) is 4.78. The van der Waals surface area contributed by atoms with Crippen LogP contribution in [0.2, 0.25) is 5.02 Å². The van der Waals surface area contributed by atoms with Crippen LogP contribution in [-0.4, -0.2) is 31.1 Å². The molecule has 1 aliphatic heterocycles. The molecule has 1 aliphatic rings. The minimum absolute atomic E-state index is 0.0478. The molecule has 0 fully saturated rings. The molecule has 0 aliphatic carbocycles. The quantitative estimate of drug-likeness (QED) is 0.848. The first-order valence-electron chi connectivity index (χ1n) is 6.14. The highest BCUT2D eigenvalue weighted by atomic mass is 35.5. The summed E-state index contributed by atoms with van der Waals surface area (Å²) < 4.78 is 45.6. The van der Waals surface area contributed by atoms with Gasteiger partial charge in [-0.1, -0.05) is 11.6 Å². The molecule has 0 spiro atoms. The molecule has 1 N–H and O–H groups in total. The Labute approximate surface area is 119 Å². The molecule has 1 unspecified atom stereocenters. The zero-order valence-corrected chi connectivity index (χ0v) is 11.3. The summed E-state index contributed by atoms with van der Waals surface area (Å²) in [5.41, 5.74) is 1.41. The van der Waals surface area contributed by atoms with Crippen molar-refractivity contribution in [3.05, 3.63) is 28.3 Å². The van der Waals surface area contributed by atoms with Gasteiger partial charge in [0.1, 0.15) is 12.4 Å². The molecule has 0 saturated carbocycles. The predicted molar refractivity (Wildman–Crippen MR) is 67.1 cm³/mol. The van der Waals surface area contributed by atoms with Gasteiger partial charge in [0.05, 0.1) is 12.7 Å². The van der Waals surface area contributed by atoms with E-state index in [-0.39, 0.29) is 13.0 Å². The second-order valence-electron chi connectivity index (χ2n) is 4.55. The van der Waals surface area contributed by atoms with Gasteiger partial charge in [-0.2, -0.15) is 13.2 Å². The zero-order valence-electron chi connectivity index (χ0n) is 10.5. The molecule has 112 valence electrons. The van der Waals surface area contributed by atoms with E-state index in [1.807, 2.05) is 0 Å². The summed E-state index contributed by atoms with van der Waals surface area (Å²) in [6, 6.07) is 3.33. The molecule has 0 aromatic heterocycles. The lowest BCUT2D eigenvalue weighted by atomic mass is 10.0. The smallest absolute Gasteiger partial charge is 0.411 e. The Hall–Kier alpha value is -0.980. The molecule has 1 aromatic rings. The van der Waals surface area contributed by atoms with Crippen LogP contribution in [0.4, 0.5) is 13.2 Å². The summed E-state index contributed by atoms with van der Waals surface area (Å²) in [7, 11) is 0. The number of benzene rings is 1. The van der Waals surface area contributed by atoms with Crippen molar-refractivity contribution in [1.82, 2.24) is 0 Å². The molecule has 2 rings (SSSR count). The highest BCUT2D eigenvalue weighted by Crippen LogP contribution is 2.37. The summed E-state index contributed by atoms with van der Waals surface area (Å²) in [4.78, 5) is 0. The van der Waals surface area contributed by atoms with Crippen LogP contribution in [0.1, 0.15) is 23.7 Å². The molecule has 3 nitrogen and oxygen atoms in total. The predicted octanol–water partition coefficient (Wildman–Crippen LogP) is 3.28. The maximum atomic E-state index is 11.9. The third kappa shape index (κ3) is 4.01. The van der Waals surface area contributed by atoms with Crippen molar-refractivity contribution < 1.29 is 27.8 Å². The van der Waals surface area contributed by atoms with E-state index < -0.39 is 18.9 Å². The van der Waals surface area contributed by atoms with Crippen LogP contribution in [0.3, 0.4) is 0 Å². The van der Waals surface area contributed by atoms with Crippen molar-refractivity contribution in [3.8, 4) is 5.75 Å². The zero-order chi connectivity index (χ0) is 14.8. The van der Waals surface area contributed by atoms with Crippen LogP contribution in [-0.2, 0) is 11.2 Å². The lowest BCUT2D eigenvalue weighted by Crippen LogP contribution is -2.18. The van der Waals surface area contributed by atoms with Crippen molar-refractivity contribution in [2.75, 3.05) is 19.8 Å². The molecule has 0 saturated heterocycles. The largest absolute Gasteiger partial charge is 0.493 e. The van der Waals surface area contributed by atoms with E-state index in [9.17, 15) is 18.3 Å². The average molecular weight is 311 g/mol. The molecule has 1 aromatic carbocycles. The van der Waals surface area contributed by atoms with Crippen molar-refractivity contribution in [1.29, 1.82) is 0 Å². The third-order valence-electron chi connectivity index (χ3n) is 2.94. The highest BCUT2D eigenvalue weighted by Gasteiger charge is 2.28. The average Bonchev–Trinajstić information content (AvgIpc) is 2.80. The summed E-state index contributed by atoms with van der Waals surface area (Å²) in [6.07, 6.45) is -4.56. The molecule has 0 bridgehead atoms. The fourth-order valence-electron chi connectivity index (χ4n) is 2.08. The first-order valence-corrected chi connectivity index (χ1v) is 6.52. The Morgan fingerprint density at radius 2 is 2.15 bits per heavy atom. The first-order chi connectivity index (χ1) is 9.37. The molecule has 1 atom stereocenters. The summed E-state index contributed by atoms with van der Waals surface area (Å²) >= 11 is 5.95. The van der Waals surface area contributed by atoms with Gasteiger partial charge < -0.3 is 14.6 Å². The number of rotatable bonds is 5. The molecular formula is C13H14ClF3O3. The Bertz CT molecular complexity index is 477. The van der Waals surface area contributed by atoms with Crippen molar-refractivity contribution in [3.63, 3.8) is 0 Å². The number of aliphatic hydroxyl groups is 1. The molecule has 0 amide bonds. The van der Waals surface area contributed by atoms with E-state index in [1.54, 1.807) is 12.1 Å². The van der Waals surface area contributed by atoms with Gasteiger partial charge in [-0.25, -0.2) is 0 Å². The number of alkyl halides is 3. The summed E-state index contributed by atoms with van der Waals surface area (Å²) in [6.45, 7) is -0.994. The standard InChI is InChI=1S/C13H14ClF3O3/c14-9-5-8-1-4-20-12(8)10(6-9)11(18)2-3-19-7-13(15,16)17/h5-6,11,18H,1-4,7H2. The Morgan fingerprint density at radius 3 is 2.85 bits per heavy atom. The minimum Gasteiger partial charge on any atom is -0.493 e. The Balaban J connectivity index is 1.95. The fourth-order valence-corrected chi connectivity index (χ4v) is 2.33. The number of hydrogen-bond acceptors (Lipinski definition) is 3. The van der Waals surface area contributed by atoms with Crippen molar-refractivity contribution >= 4 is 11.6 Å². The lowest BCUT2D eigenvalue weighted by molar-refractivity contribution is -0.175. The molecule has 0 radical (unpaired) electrons. The van der Waals surface area contributed by atoms with Gasteiger partial charge in [0.25, 0.3) is 0 Å². The van der Waals surface area contributed by atoms with Crippen LogP contribution in [0.15, 0.2) is 12.1 Å². The van der Waals surface area contributed by atoms with Gasteiger partial charge in [-0.3, -0.25) is 0 Å². The van der Waals surface area contributed by atoms with E-state index in [4.69, 9.17) is 16.3 Å². The SMILES string of the molecule is OC(CCOCC(F)(F)F)c1cc(Cl)cc2c1OCC2. The van der Waals surface area contributed by atoms with E-state index in [1.165, 1.54) is 0 Å². The maximum absolute atomic E-state index is 11.9. The maximum Gasteiger partial charge on any atom is 0.411 e. The minimum atomic E-state index is -4.36. The number of fused-ring (bicyclic) bond motifs is 1. The van der Waals surface area contributed by atoms with E-state index in [0.29, 0.717) is 29.4 Å². The molecule has 20 heavy (non-hydrogen) atoms. The van der Waals surface area contributed by atoms with Gasteiger partial charge in [-0.05, 0) is 17.7 Å². The fraction of sp³-hybridized carbons (Fsp3) is 0.538. The van der Waals surface area contributed by atoms with Crippen LogP contribution < -0.4 is 4.74 Å². The highest BCUT2D eigenvalue weighted by molar-refractivity contribution is 6.30. The van der Waals surface area contributed by atoms with Crippen LogP contribution in [0, 0.1) is 0 Å². The number of aliphatic hydroxyl groups excluding tert-OH is 1. The van der Waals surface area contributed by atoms with Crippen LogP contribution in [0.25, 0.3) is 0 Å². The van der Waals surface area contributed by atoms with Crippen molar-refractivity contribution in [2.45, 2.75) is 25.1 Å². The molecular weight excluding hydrogens is 297 g/mol. The Morgan fingerprint density at radius 1 is 1.40 bits per heavy atom. The van der Waals surface area contributed by atoms with Crippen LogP contribution in [0.5, 0.6) is 5.75 Å². The monoisotopic (exact) mass is 310 g/mol. The van der Waals surface area contributed by atoms with Crippen molar-refractivity contribution in [2.24, 2.45) is 0 Å². The summed E-state index contributed by atoms with van der Waals surface area (Å²) in [5, 5.41) is 10.5. The number of halogens is 4. The first kappa shape index (κ1) is 15.4. The van der Waals surface area contributed by atoms with Gasteiger partial charge >= 0.3 is 6.18 Å². The topological polar surface area (TPSA) is 38.7 Å². The number of ether oxygens (including phenoxy) is 2. The van der Waals surface area contributed by atoms with E-state index >= 15 is 0 Å². The van der Waals surface area contributed by atoms with Gasteiger partial charge in [0.15, 0.2) is 0 Å².